The van der Waals surface area contributed by atoms with E-state index in [0.717, 1.165) is 43.4 Å². The Morgan fingerprint density at radius 3 is 1.56 bits per heavy atom. The number of anilines is 1. The molecule has 0 aromatic heterocycles. The molecule has 0 saturated carbocycles. The molecular formula is C58H87N5O5. The molecule has 0 heterocycles. The van der Waals surface area contributed by atoms with Crippen LogP contribution in [0.25, 0.3) is 10.8 Å². The van der Waals surface area contributed by atoms with Crippen molar-refractivity contribution in [3.63, 3.8) is 0 Å². The predicted molar refractivity (Wildman–Crippen MR) is 283 cm³/mol. The van der Waals surface area contributed by atoms with Crippen LogP contribution in [0.4, 0.5) is 17.1 Å². The maximum Gasteiger partial charge on any atom is 0.255 e. The summed E-state index contributed by atoms with van der Waals surface area (Å²) < 4.78 is 5.61. The highest BCUT2D eigenvalue weighted by Crippen LogP contribution is 2.41. The van der Waals surface area contributed by atoms with Gasteiger partial charge in [-0.25, -0.2) is 0 Å². The Bertz CT molecular complexity index is 2020. The number of benzene rings is 4. The summed E-state index contributed by atoms with van der Waals surface area (Å²) >= 11 is 0. The maximum absolute atomic E-state index is 13.7. The van der Waals surface area contributed by atoms with Gasteiger partial charge in [0.25, 0.3) is 11.8 Å². The second kappa shape index (κ2) is 35.2. The summed E-state index contributed by atoms with van der Waals surface area (Å²) in [6.45, 7) is 5.88. The molecule has 0 saturated heterocycles. The molecule has 4 N–H and O–H groups in total. The van der Waals surface area contributed by atoms with Crippen LogP contribution in [0.5, 0.6) is 11.5 Å². The number of ether oxygens (including phenoxy) is 1. The Kier molecular flexibility index (Phi) is 28.8. The van der Waals surface area contributed by atoms with Gasteiger partial charge in [-0.15, -0.1) is 10.2 Å². The van der Waals surface area contributed by atoms with Gasteiger partial charge in [-0.05, 0) is 66.3 Å². The van der Waals surface area contributed by atoms with E-state index in [1.165, 1.54) is 148 Å². The molecule has 0 radical (unpaired) electrons. The van der Waals surface area contributed by atoms with E-state index in [4.69, 9.17) is 9.57 Å². The Morgan fingerprint density at radius 1 is 0.544 bits per heavy atom. The number of amides is 2. The molecule has 4 aromatic carbocycles. The van der Waals surface area contributed by atoms with Gasteiger partial charge in [0.2, 0.25) is 0 Å². The van der Waals surface area contributed by atoms with Crippen molar-refractivity contribution in [2.75, 3.05) is 25.7 Å². The van der Waals surface area contributed by atoms with E-state index in [0.29, 0.717) is 40.9 Å². The molecule has 10 heteroatoms. The molecule has 2 amide bonds. The minimum Gasteiger partial charge on any atom is -0.505 e. The molecule has 374 valence electrons. The first-order valence-corrected chi connectivity index (χ1v) is 26.8. The summed E-state index contributed by atoms with van der Waals surface area (Å²) in [5.74, 6) is -0.365. The first kappa shape index (κ1) is 55.6. The minimum absolute atomic E-state index is 0.0814. The monoisotopic (exact) mass is 934 g/mol. The van der Waals surface area contributed by atoms with E-state index in [1.54, 1.807) is 37.4 Å². The lowest BCUT2D eigenvalue weighted by Gasteiger charge is -2.13. The molecule has 0 bridgehead atoms. The number of aromatic hydroxyl groups is 1. The second-order valence-electron chi connectivity index (χ2n) is 18.7. The van der Waals surface area contributed by atoms with Gasteiger partial charge in [-0.1, -0.05) is 211 Å². The van der Waals surface area contributed by atoms with Crippen LogP contribution in [0, 0.1) is 0 Å². The molecule has 0 atom stereocenters. The number of nitrogens with zero attached hydrogens (tertiary/aromatic N) is 2. The van der Waals surface area contributed by atoms with Crippen molar-refractivity contribution in [2.45, 2.75) is 200 Å². The SMILES string of the molecule is CCCCCCCCCCCCCCCCNC(=O)c1ccc2c(N=Nc3cc(CONc4ccccc4)ccc3OC)c(O)c(C(=O)NCCCCCCCCCCCCCCCC)cc2c1. The van der Waals surface area contributed by atoms with E-state index in [9.17, 15) is 14.7 Å². The number of hydrogen-bond donors (Lipinski definition) is 4. The Labute approximate surface area is 410 Å². The third kappa shape index (κ3) is 22.0. The van der Waals surface area contributed by atoms with E-state index in [2.05, 4.69) is 40.2 Å². The van der Waals surface area contributed by atoms with Crippen molar-refractivity contribution in [2.24, 2.45) is 10.2 Å². The number of methoxy groups -OCH3 is 1. The number of unbranched alkanes of at least 4 members (excludes halogenated alkanes) is 26. The number of para-hydroxylation sites is 1. The lowest BCUT2D eigenvalue weighted by atomic mass is 10.00. The summed E-state index contributed by atoms with van der Waals surface area (Å²) in [6.07, 6.45) is 35.6. The van der Waals surface area contributed by atoms with Crippen LogP contribution in [-0.4, -0.2) is 37.1 Å². The Morgan fingerprint density at radius 2 is 1.04 bits per heavy atom. The minimum atomic E-state index is -0.397. The van der Waals surface area contributed by atoms with Gasteiger partial charge < -0.3 is 20.5 Å². The zero-order valence-electron chi connectivity index (χ0n) is 42.3. The standard InChI is InChI=1S/C58H87N5O5/c1-4-6-8-10-12-14-16-18-20-22-24-26-28-33-41-59-57(65)48-38-39-51-49(44-48)45-52(58(66)60-42-34-29-27-25-23-21-19-17-15-13-11-9-7-5-2)56(64)55(51)62-61-53-43-47(37-40-54(53)67-3)46-68-63-50-35-31-30-32-36-50/h30-32,35-40,43-45,63-64H,4-29,33-34,41-42,46H2,1-3H3,(H,59,65)(H,60,66). The number of azo groups is 1. The highest BCUT2D eigenvalue weighted by atomic mass is 16.6. The average molecular weight is 934 g/mol. The number of fused-ring (bicyclic) bond motifs is 1. The van der Waals surface area contributed by atoms with Gasteiger partial charge in [-0.2, -0.15) is 0 Å². The molecule has 0 spiro atoms. The van der Waals surface area contributed by atoms with Crippen molar-refractivity contribution < 1.29 is 24.3 Å². The van der Waals surface area contributed by atoms with Crippen LogP contribution < -0.4 is 20.9 Å². The molecule has 0 unspecified atom stereocenters. The van der Waals surface area contributed by atoms with E-state index >= 15 is 0 Å². The topological polar surface area (TPSA) is 134 Å². The zero-order chi connectivity index (χ0) is 48.3. The molecule has 0 aliphatic rings. The second-order valence-corrected chi connectivity index (χ2v) is 18.7. The normalized spacial score (nSPS) is 11.4. The summed E-state index contributed by atoms with van der Waals surface area (Å²) in [6, 6.07) is 22.0. The van der Waals surface area contributed by atoms with Crippen molar-refractivity contribution in [1.82, 2.24) is 10.6 Å². The quantitative estimate of drug-likeness (QED) is 0.0200. The molecule has 0 aliphatic heterocycles. The summed E-state index contributed by atoms with van der Waals surface area (Å²) in [5.41, 5.74) is 5.71. The number of carbonyl (C=O) groups is 2. The number of hydrogen-bond acceptors (Lipinski definition) is 8. The number of nitrogens with one attached hydrogen (secondary N) is 3. The lowest BCUT2D eigenvalue weighted by molar-refractivity contribution is 0.0943. The fourth-order valence-corrected chi connectivity index (χ4v) is 8.75. The number of phenols is 1. The molecule has 10 nitrogen and oxygen atoms in total. The van der Waals surface area contributed by atoms with E-state index in [-0.39, 0.29) is 29.5 Å². The van der Waals surface area contributed by atoms with Crippen molar-refractivity contribution in [3.05, 3.63) is 89.5 Å². The Balaban J connectivity index is 1.34. The smallest absolute Gasteiger partial charge is 0.255 e. The van der Waals surface area contributed by atoms with Crippen molar-refractivity contribution in [1.29, 1.82) is 0 Å². The highest BCUT2D eigenvalue weighted by Gasteiger charge is 2.20. The van der Waals surface area contributed by atoms with Crippen LogP contribution in [0.2, 0.25) is 0 Å². The van der Waals surface area contributed by atoms with Crippen LogP contribution >= 0.6 is 0 Å². The fraction of sp³-hybridized carbons (Fsp3) is 0.586. The van der Waals surface area contributed by atoms with Gasteiger partial charge in [-0.3, -0.25) is 19.9 Å². The van der Waals surface area contributed by atoms with Crippen molar-refractivity contribution in [3.8, 4) is 11.5 Å². The van der Waals surface area contributed by atoms with Crippen LogP contribution in [0.1, 0.15) is 220 Å². The molecule has 68 heavy (non-hydrogen) atoms. The van der Waals surface area contributed by atoms with Crippen LogP contribution in [-0.2, 0) is 11.4 Å². The molecule has 0 aliphatic carbocycles. The van der Waals surface area contributed by atoms with Crippen molar-refractivity contribution >= 4 is 39.6 Å². The number of phenolic OH excluding ortho intramolecular Hbond substituents is 1. The van der Waals surface area contributed by atoms with Gasteiger partial charge in [0.05, 0.1) is 25.0 Å². The Hall–Kier alpha value is -4.96. The van der Waals surface area contributed by atoms with Gasteiger partial charge >= 0.3 is 0 Å². The van der Waals surface area contributed by atoms with Gasteiger partial charge in [0.15, 0.2) is 5.75 Å². The third-order valence-corrected chi connectivity index (χ3v) is 12.9. The first-order chi connectivity index (χ1) is 33.4. The largest absolute Gasteiger partial charge is 0.505 e. The van der Waals surface area contributed by atoms with Gasteiger partial charge in [0.1, 0.15) is 17.1 Å². The molecule has 0 fully saturated rings. The third-order valence-electron chi connectivity index (χ3n) is 12.9. The van der Waals surface area contributed by atoms with E-state index < -0.39 is 5.91 Å². The number of rotatable bonds is 39. The highest BCUT2D eigenvalue weighted by molar-refractivity contribution is 6.08. The summed E-state index contributed by atoms with van der Waals surface area (Å²) in [7, 11) is 1.56. The van der Waals surface area contributed by atoms with E-state index in [1.807, 2.05) is 42.5 Å². The fourth-order valence-electron chi connectivity index (χ4n) is 8.75. The molecular weight excluding hydrogens is 847 g/mol. The van der Waals surface area contributed by atoms with Gasteiger partial charge in [0, 0.05) is 24.0 Å². The average Bonchev–Trinajstić information content (AvgIpc) is 3.36. The maximum atomic E-state index is 13.7. The summed E-state index contributed by atoms with van der Waals surface area (Å²) in [4.78, 5) is 32.9. The molecule has 4 aromatic rings. The predicted octanol–water partition coefficient (Wildman–Crippen LogP) is 16.9. The lowest BCUT2D eigenvalue weighted by Crippen LogP contribution is -2.25. The number of carbonyl (C=O) groups excluding carboxylic acids is 2. The zero-order valence-corrected chi connectivity index (χ0v) is 42.3. The van der Waals surface area contributed by atoms with Crippen LogP contribution in [0.3, 0.4) is 0 Å². The molecule has 4 rings (SSSR count). The summed E-state index contributed by atoms with van der Waals surface area (Å²) in [5, 5.41) is 28.1. The van der Waals surface area contributed by atoms with Crippen LogP contribution in [0.15, 0.2) is 83.0 Å². The first-order valence-electron chi connectivity index (χ1n) is 26.8.